The van der Waals surface area contributed by atoms with E-state index in [1.54, 1.807) is 33.3 Å². The van der Waals surface area contributed by atoms with Crippen LogP contribution in [0, 0.1) is 23.7 Å². The Kier molecular flexibility index (Phi) is 11.2. The maximum atomic E-state index is 13.6. The number of amides is 3. The Labute approximate surface area is 275 Å². The second kappa shape index (κ2) is 15.3. The fraction of sp³-hybridized carbons (Fsp3) is 0.618. The molecule has 0 aliphatic heterocycles. The molecular formula is C34H48N6O7. The molecule has 13 nitrogen and oxygen atoms in total. The highest BCUT2D eigenvalue weighted by molar-refractivity contribution is 5.86. The number of carbonyl (C=O) groups is 4. The number of nitrogens with one attached hydrogen (secondary N) is 3. The van der Waals surface area contributed by atoms with Crippen molar-refractivity contribution in [2.45, 2.75) is 109 Å². The van der Waals surface area contributed by atoms with Gasteiger partial charge in [0.05, 0.1) is 12.4 Å². The van der Waals surface area contributed by atoms with Gasteiger partial charge in [-0.15, -0.1) is 0 Å². The molecule has 4 saturated carbocycles. The average molecular weight is 653 g/mol. The number of hydrazine groups is 1. The Morgan fingerprint density at radius 2 is 1.68 bits per heavy atom. The number of nitrogens with two attached hydrogens (primary N) is 1. The Morgan fingerprint density at radius 3 is 2.32 bits per heavy atom. The van der Waals surface area contributed by atoms with Crippen molar-refractivity contribution in [3.63, 3.8) is 0 Å². The highest BCUT2D eigenvalue weighted by Gasteiger charge is 2.48. The van der Waals surface area contributed by atoms with Crippen LogP contribution in [0.3, 0.4) is 0 Å². The number of aromatic nitrogens is 2. The number of benzene rings is 1. The molecule has 5 N–H and O–H groups in total. The van der Waals surface area contributed by atoms with Crippen LogP contribution < -0.4 is 21.9 Å². The van der Waals surface area contributed by atoms with Crippen LogP contribution in [0.25, 0.3) is 0 Å². The summed E-state index contributed by atoms with van der Waals surface area (Å²) in [5.74, 6) is 0.963. The van der Waals surface area contributed by atoms with Crippen LogP contribution >= 0.6 is 0 Å². The molecule has 256 valence electrons. The fourth-order valence-corrected chi connectivity index (χ4v) is 7.43. The zero-order chi connectivity index (χ0) is 33.6. The van der Waals surface area contributed by atoms with E-state index < -0.39 is 41.6 Å². The molecule has 6 rings (SSSR count). The number of hydrogen-bond donors (Lipinski definition) is 4. The van der Waals surface area contributed by atoms with Gasteiger partial charge in [-0.1, -0.05) is 30.3 Å². The smallest absolute Gasteiger partial charge is 0.408 e. The van der Waals surface area contributed by atoms with Crippen LogP contribution in [-0.4, -0.2) is 57.2 Å². The van der Waals surface area contributed by atoms with Gasteiger partial charge in [0.1, 0.15) is 31.0 Å². The van der Waals surface area contributed by atoms with Gasteiger partial charge < -0.3 is 29.8 Å². The first-order valence-corrected chi connectivity index (χ1v) is 16.6. The third kappa shape index (κ3) is 9.77. The number of alkyl carbamates (subject to hydrolysis) is 1. The number of carbonyl (C=O) groups excluding carboxylic acids is 4. The van der Waals surface area contributed by atoms with Gasteiger partial charge in [-0.3, -0.25) is 19.8 Å². The van der Waals surface area contributed by atoms with E-state index in [9.17, 15) is 19.2 Å². The summed E-state index contributed by atoms with van der Waals surface area (Å²) in [6.45, 7) is 5.49. The van der Waals surface area contributed by atoms with E-state index >= 15 is 0 Å². The van der Waals surface area contributed by atoms with Gasteiger partial charge in [-0.2, -0.15) is 0 Å². The molecular weight excluding hydrogens is 604 g/mol. The first-order valence-electron chi connectivity index (χ1n) is 16.6. The maximum Gasteiger partial charge on any atom is 0.408 e. The first-order chi connectivity index (χ1) is 22.4. The van der Waals surface area contributed by atoms with Crippen molar-refractivity contribution in [2.24, 2.45) is 29.4 Å². The molecule has 1 aromatic carbocycles. The SMILES string of the molecule is CC(C)(C)OC(=O)N[C@H](Cc1cncn1COC1C2CC3CC(C2)CC1C3)C(=O)NN[C@@H](CCC(N)=O)C(=O)OCc1ccccc1. The van der Waals surface area contributed by atoms with Gasteiger partial charge >= 0.3 is 12.1 Å². The molecule has 13 heteroatoms. The maximum absolute atomic E-state index is 13.6. The summed E-state index contributed by atoms with van der Waals surface area (Å²) >= 11 is 0. The molecule has 4 aliphatic carbocycles. The molecule has 0 spiro atoms. The highest BCUT2D eigenvalue weighted by Crippen LogP contribution is 2.54. The summed E-state index contributed by atoms with van der Waals surface area (Å²) < 4.78 is 19.2. The third-order valence-corrected chi connectivity index (χ3v) is 9.32. The summed E-state index contributed by atoms with van der Waals surface area (Å²) in [5, 5.41) is 2.65. The molecule has 0 radical (unpaired) electrons. The average Bonchev–Trinajstić information content (AvgIpc) is 3.45. The van der Waals surface area contributed by atoms with E-state index in [0.29, 0.717) is 24.3 Å². The van der Waals surface area contributed by atoms with Crippen molar-refractivity contribution >= 4 is 23.9 Å². The van der Waals surface area contributed by atoms with Crippen LogP contribution in [0.1, 0.15) is 77.0 Å². The van der Waals surface area contributed by atoms with Crippen molar-refractivity contribution in [3.8, 4) is 0 Å². The predicted molar refractivity (Wildman–Crippen MR) is 171 cm³/mol. The minimum absolute atomic E-state index is 0.0118. The van der Waals surface area contributed by atoms with Gasteiger partial charge in [-0.25, -0.2) is 15.2 Å². The van der Waals surface area contributed by atoms with Crippen molar-refractivity contribution in [3.05, 3.63) is 54.1 Å². The lowest BCUT2D eigenvalue weighted by molar-refractivity contribution is -0.148. The molecule has 4 aliphatic rings. The summed E-state index contributed by atoms with van der Waals surface area (Å²) in [6.07, 6.45) is 9.02. The quantitative estimate of drug-likeness (QED) is 0.166. The molecule has 1 heterocycles. The van der Waals surface area contributed by atoms with Gasteiger partial charge in [0.15, 0.2) is 0 Å². The van der Waals surface area contributed by atoms with Gasteiger partial charge in [0, 0.05) is 24.7 Å². The second-order valence-corrected chi connectivity index (χ2v) is 14.2. The lowest BCUT2D eigenvalue weighted by atomic mass is 9.55. The number of rotatable bonds is 15. The second-order valence-electron chi connectivity index (χ2n) is 14.2. The summed E-state index contributed by atoms with van der Waals surface area (Å²) in [6, 6.07) is 6.95. The molecule has 3 amide bonds. The number of hydrogen-bond acceptors (Lipinski definition) is 9. The summed E-state index contributed by atoms with van der Waals surface area (Å²) in [7, 11) is 0. The Morgan fingerprint density at radius 1 is 1.00 bits per heavy atom. The minimum Gasteiger partial charge on any atom is -0.460 e. The van der Waals surface area contributed by atoms with E-state index in [2.05, 4.69) is 21.2 Å². The molecule has 1 aromatic heterocycles. The number of nitrogens with zero attached hydrogens (tertiary/aromatic N) is 2. The Balaban J connectivity index is 1.22. The summed E-state index contributed by atoms with van der Waals surface area (Å²) in [4.78, 5) is 55.1. The third-order valence-electron chi connectivity index (χ3n) is 9.32. The van der Waals surface area contributed by atoms with E-state index in [0.717, 1.165) is 17.4 Å². The van der Waals surface area contributed by atoms with Crippen molar-refractivity contribution in [2.75, 3.05) is 0 Å². The molecule has 0 unspecified atom stereocenters. The van der Waals surface area contributed by atoms with Gasteiger partial charge in [0.2, 0.25) is 5.91 Å². The number of ether oxygens (including phenoxy) is 3. The molecule has 47 heavy (non-hydrogen) atoms. The monoisotopic (exact) mass is 652 g/mol. The highest BCUT2D eigenvalue weighted by atomic mass is 16.6. The topological polar surface area (TPSA) is 176 Å². The lowest BCUT2D eigenvalue weighted by Crippen LogP contribution is -2.56. The molecule has 0 saturated heterocycles. The Bertz CT molecular complexity index is 1360. The normalized spacial score (nSPS) is 24.3. The van der Waals surface area contributed by atoms with Crippen molar-refractivity contribution in [1.82, 2.24) is 25.7 Å². The van der Waals surface area contributed by atoms with Crippen molar-refractivity contribution in [1.29, 1.82) is 0 Å². The zero-order valence-corrected chi connectivity index (χ0v) is 27.5. The minimum atomic E-state index is -1.11. The van der Waals surface area contributed by atoms with Crippen LogP contribution in [0.4, 0.5) is 4.79 Å². The molecule has 2 aromatic rings. The van der Waals surface area contributed by atoms with E-state index in [1.807, 2.05) is 34.9 Å². The number of imidazole rings is 1. The first kappa shape index (κ1) is 34.4. The van der Waals surface area contributed by atoms with Crippen LogP contribution in [0.15, 0.2) is 42.9 Å². The van der Waals surface area contributed by atoms with Gasteiger partial charge in [0.25, 0.3) is 5.91 Å². The van der Waals surface area contributed by atoms with Crippen LogP contribution in [0.5, 0.6) is 0 Å². The lowest BCUT2D eigenvalue weighted by Gasteiger charge is -2.53. The molecule has 2 atom stereocenters. The van der Waals surface area contributed by atoms with Crippen LogP contribution in [0.2, 0.25) is 0 Å². The Hall–Kier alpha value is -3.97. The van der Waals surface area contributed by atoms with E-state index in [1.165, 1.54) is 32.1 Å². The van der Waals surface area contributed by atoms with E-state index in [-0.39, 0.29) is 32.0 Å². The largest absolute Gasteiger partial charge is 0.460 e. The zero-order valence-electron chi connectivity index (χ0n) is 27.5. The molecule has 4 fully saturated rings. The van der Waals surface area contributed by atoms with Crippen molar-refractivity contribution < 1.29 is 33.4 Å². The standard InChI is InChI=1S/C34H48N6O7/c1-34(2,3)47-33(44)37-28(31(42)39-38-27(9-10-29(35)41)32(43)45-18-21-7-5-4-6-8-21)16-26-17-36-19-40(26)20-46-30-24-12-22-11-23(14-24)15-25(30)13-22/h4-8,17,19,22-25,27-28,30,38H,9-16,18,20H2,1-3H3,(H2,35,41)(H,37,44)(H,39,42)/t22?,23?,24?,25?,27-,28+,30?/m0/s1. The predicted octanol–water partition coefficient (Wildman–Crippen LogP) is 3.12. The summed E-state index contributed by atoms with van der Waals surface area (Å²) in [5.41, 5.74) is 11.2. The number of esters is 1. The number of primary amides is 1. The molecule has 4 bridgehead atoms. The fourth-order valence-electron chi connectivity index (χ4n) is 7.43. The van der Waals surface area contributed by atoms with Crippen LogP contribution in [-0.2, 0) is 48.4 Å². The van der Waals surface area contributed by atoms with Gasteiger partial charge in [-0.05, 0) is 88.5 Å². The van der Waals surface area contributed by atoms with E-state index in [4.69, 9.17) is 19.9 Å².